The van der Waals surface area contributed by atoms with Crippen molar-refractivity contribution < 1.29 is 9.53 Å². The number of aromatic nitrogens is 1. The van der Waals surface area contributed by atoms with Crippen molar-refractivity contribution in [3.05, 3.63) is 53.7 Å². The molecule has 2 rings (SSSR count). The zero-order valence-electron chi connectivity index (χ0n) is 15.4. The summed E-state index contributed by atoms with van der Waals surface area (Å²) in [6, 6.07) is 11.8. The second kappa shape index (κ2) is 9.06. The number of rotatable bonds is 8. The van der Waals surface area contributed by atoms with Crippen molar-refractivity contribution in [1.29, 1.82) is 0 Å². The van der Waals surface area contributed by atoms with Crippen molar-refractivity contribution in [3.8, 4) is 5.75 Å². The molecule has 0 aliphatic heterocycles. The van der Waals surface area contributed by atoms with Gasteiger partial charge in [0.15, 0.2) is 0 Å². The SMILES string of the molecule is CNc1ccc(C(=O)NC(C)CCc2ccc(OC(C)C)cc2)cn1. The molecular weight excluding hydrogens is 314 g/mol. The van der Waals surface area contributed by atoms with Crippen LogP contribution in [0, 0.1) is 0 Å². The van der Waals surface area contributed by atoms with Gasteiger partial charge in [-0.3, -0.25) is 4.79 Å². The van der Waals surface area contributed by atoms with Gasteiger partial charge < -0.3 is 15.4 Å². The fourth-order valence-corrected chi connectivity index (χ4v) is 2.45. The molecule has 0 aliphatic rings. The molecule has 2 aromatic rings. The lowest BCUT2D eigenvalue weighted by Gasteiger charge is -2.14. The van der Waals surface area contributed by atoms with E-state index < -0.39 is 0 Å². The van der Waals surface area contributed by atoms with Gasteiger partial charge in [0.2, 0.25) is 0 Å². The Morgan fingerprint density at radius 1 is 1.12 bits per heavy atom. The van der Waals surface area contributed by atoms with Crippen LogP contribution in [0.3, 0.4) is 0 Å². The van der Waals surface area contributed by atoms with Gasteiger partial charge in [-0.25, -0.2) is 4.98 Å². The first-order valence-corrected chi connectivity index (χ1v) is 8.68. The first kappa shape index (κ1) is 18.8. The lowest BCUT2D eigenvalue weighted by atomic mass is 10.1. The average molecular weight is 341 g/mol. The summed E-state index contributed by atoms with van der Waals surface area (Å²) in [4.78, 5) is 16.4. The summed E-state index contributed by atoms with van der Waals surface area (Å²) in [5.41, 5.74) is 1.80. The quantitative estimate of drug-likeness (QED) is 0.769. The van der Waals surface area contributed by atoms with E-state index in [9.17, 15) is 4.79 Å². The minimum Gasteiger partial charge on any atom is -0.491 e. The molecule has 5 nitrogen and oxygen atoms in total. The number of carbonyl (C=O) groups excluding carboxylic acids is 1. The molecule has 0 saturated carbocycles. The summed E-state index contributed by atoms with van der Waals surface area (Å²) in [5, 5.41) is 5.95. The number of aryl methyl sites for hydroxylation is 1. The number of hydrogen-bond donors (Lipinski definition) is 2. The highest BCUT2D eigenvalue weighted by Gasteiger charge is 2.10. The molecule has 5 heteroatoms. The lowest BCUT2D eigenvalue weighted by Crippen LogP contribution is -2.32. The molecule has 1 amide bonds. The third kappa shape index (κ3) is 6.10. The largest absolute Gasteiger partial charge is 0.491 e. The molecule has 0 fully saturated rings. The molecular formula is C20H27N3O2. The number of carbonyl (C=O) groups is 1. The zero-order valence-corrected chi connectivity index (χ0v) is 15.4. The minimum absolute atomic E-state index is 0.0862. The van der Waals surface area contributed by atoms with Crippen LogP contribution in [-0.4, -0.2) is 30.1 Å². The van der Waals surface area contributed by atoms with E-state index in [0.717, 1.165) is 24.4 Å². The minimum atomic E-state index is -0.0941. The molecule has 1 heterocycles. The number of hydrogen-bond acceptors (Lipinski definition) is 4. The molecule has 25 heavy (non-hydrogen) atoms. The Morgan fingerprint density at radius 2 is 1.84 bits per heavy atom. The summed E-state index contributed by atoms with van der Waals surface area (Å²) < 4.78 is 5.65. The maximum Gasteiger partial charge on any atom is 0.253 e. The number of pyridine rings is 1. The Labute approximate surface area is 149 Å². The van der Waals surface area contributed by atoms with Crippen molar-refractivity contribution in [1.82, 2.24) is 10.3 Å². The van der Waals surface area contributed by atoms with Crippen LogP contribution in [0.4, 0.5) is 5.82 Å². The molecule has 1 unspecified atom stereocenters. The molecule has 1 aromatic carbocycles. The molecule has 1 aromatic heterocycles. The van der Waals surface area contributed by atoms with Crippen molar-refractivity contribution >= 4 is 11.7 Å². The first-order valence-electron chi connectivity index (χ1n) is 8.68. The highest BCUT2D eigenvalue weighted by atomic mass is 16.5. The lowest BCUT2D eigenvalue weighted by molar-refractivity contribution is 0.0938. The van der Waals surface area contributed by atoms with Crippen LogP contribution in [-0.2, 0) is 6.42 Å². The standard InChI is InChI=1S/C20H27N3O2/c1-14(2)25-18-10-7-16(8-11-18)6-5-15(3)23-20(24)17-9-12-19(21-4)22-13-17/h7-15H,5-6H2,1-4H3,(H,21,22)(H,23,24). The Kier molecular flexibility index (Phi) is 6.81. The van der Waals surface area contributed by atoms with E-state index in [0.29, 0.717) is 5.56 Å². The summed E-state index contributed by atoms with van der Waals surface area (Å²) in [6.07, 6.45) is 3.54. The maximum atomic E-state index is 12.2. The molecule has 134 valence electrons. The summed E-state index contributed by atoms with van der Waals surface area (Å²) in [5.74, 6) is 1.54. The fraction of sp³-hybridized carbons (Fsp3) is 0.400. The van der Waals surface area contributed by atoms with Gasteiger partial charge in [0, 0.05) is 19.3 Å². The monoisotopic (exact) mass is 341 g/mol. The molecule has 0 spiro atoms. The number of anilines is 1. The third-order valence-electron chi connectivity index (χ3n) is 3.82. The van der Waals surface area contributed by atoms with Gasteiger partial charge in [0.1, 0.15) is 11.6 Å². The molecule has 0 saturated heterocycles. The predicted octanol–water partition coefficient (Wildman–Crippen LogP) is 3.66. The number of nitrogens with zero attached hydrogens (tertiary/aromatic N) is 1. The van der Waals surface area contributed by atoms with Gasteiger partial charge >= 0.3 is 0 Å². The highest BCUT2D eigenvalue weighted by molar-refractivity contribution is 5.94. The van der Waals surface area contributed by atoms with E-state index in [1.807, 2.05) is 32.9 Å². The zero-order chi connectivity index (χ0) is 18.2. The Bertz CT molecular complexity index is 666. The van der Waals surface area contributed by atoms with Gasteiger partial charge in [-0.15, -0.1) is 0 Å². The van der Waals surface area contributed by atoms with Crippen LogP contribution < -0.4 is 15.4 Å². The van der Waals surface area contributed by atoms with Crippen LogP contribution >= 0.6 is 0 Å². The first-order chi connectivity index (χ1) is 12.0. The van der Waals surface area contributed by atoms with Crippen LogP contribution in [0.5, 0.6) is 5.75 Å². The van der Waals surface area contributed by atoms with E-state index in [1.54, 1.807) is 25.4 Å². The van der Waals surface area contributed by atoms with E-state index >= 15 is 0 Å². The van der Waals surface area contributed by atoms with Crippen LogP contribution in [0.15, 0.2) is 42.6 Å². The highest BCUT2D eigenvalue weighted by Crippen LogP contribution is 2.15. The Hall–Kier alpha value is -2.56. The van der Waals surface area contributed by atoms with E-state index in [1.165, 1.54) is 5.56 Å². The second-order valence-corrected chi connectivity index (χ2v) is 6.41. The number of benzene rings is 1. The van der Waals surface area contributed by atoms with E-state index in [2.05, 4.69) is 27.8 Å². The number of amides is 1. The molecule has 2 N–H and O–H groups in total. The second-order valence-electron chi connectivity index (χ2n) is 6.41. The van der Waals surface area contributed by atoms with Crippen LogP contribution in [0.1, 0.15) is 43.1 Å². The predicted molar refractivity (Wildman–Crippen MR) is 101 cm³/mol. The van der Waals surface area contributed by atoms with Gasteiger partial charge in [0.25, 0.3) is 5.91 Å². The van der Waals surface area contributed by atoms with E-state index in [4.69, 9.17) is 4.74 Å². The van der Waals surface area contributed by atoms with E-state index in [-0.39, 0.29) is 18.1 Å². The summed E-state index contributed by atoms with van der Waals surface area (Å²) >= 11 is 0. The number of nitrogens with one attached hydrogen (secondary N) is 2. The van der Waals surface area contributed by atoms with Gasteiger partial charge in [-0.2, -0.15) is 0 Å². The van der Waals surface area contributed by atoms with Crippen molar-refractivity contribution in [2.45, 2.75) is 45.8 Å². The Morgan fingerprint density at radius 3 is 2.40 bits per heavy atom. The molecule has 0 bridgehead atoms. The van der Waals surface area contributed by atoms with Crippen molar-refractivity contribution in [2.24, 2.45) is 0 Å². The smallest absolute Gasteiger partial charge is 0.253 e. The fourth-order valence-electron chi connectivity index (χ4n) is 2.45. The molecule has 1 atom stereocenters. The van der Waals surface area contributed by atoms with Crippen molar-refractivity contribution in [3.63, 3.8) is 0 Å². The van der Waals surface area contributed by atoms with Gasteiger partial charge in [-0.1, -0.05) is 12.1 Å². The van der Waals surface area contributed by atoms with Crippen molar-refractivity contribution in [2.75, 3.05) is 12.4 Å². The van der Waals surface area contributed by atoms with Gasteiger partial charge in [0.05, 0.1) is 11.7 Å². The number of ether oxygens (including phenoxy) is 1. The van der Waals surface area contributed by atoms with Crippen LogP contribution in [0.25, 0.3) is 0 Å². The summed E-state index contributed by atoms with van der Waals surface area (Å²) in [6.45, 7) is 6.05. The van der Waals surface area contributed by atoms with Crippen LogP contribution in [0.2, 0.25) is 0 Å². The van der Waals surface area contributed by atoms with Gasteiger partial charge in [-0.05, 0) is 63.4 Å². The summed E-state index contributed by atoms with van der Waals surface area (Å²) in [7, 11) is 1.80. The topological polar surface area (TPSA) is 63.2 Å². The normalized spacial score (nSPS) is 11.9. The average Bonchev–Trinajstić information content (AvgIpc) is 2.60. The Balaban J connectivity index is 1.81. The maximum absolute atomic E-state index is 12.2. The molecule has 0 radical (unpaired) electrons. The molecule has 0 aliphatic carbocycles. The third-order valence-corrected chi connectivity index (χ3v) is 3.82.